The minimum Gasteiger partial charge on any atom is -0.493 e. The standard InChI is InChI=1S/C27H30NO4/c1-29-27-20-25(31-21-22-8-4-2-5-9-22)14-15-26(27)32-24-12-10-23(11-13-24)30-19-18-28-16-6-3-7-17-28/h2,4-5,8-14,20H,3,6-7,16-19,21H2,1H3. The molecule has 0 aliphatic carbocycles. The summed E-state index contributed by atoms with van der Waals surface area (Å²) in [6.07, 6.45) is 3.95. The maximum absolute atomic E-state index is 5.97. The molecule has 0 saturated carbocycles. The molecule has 32 heavy (non-hydrogen) atoms. The predicted octanol–water partition coefficient (Wildman–Crippen LogP) is 5.73. The van der Waals surface area contributed by atoms with Crippen molar-refractivity contribution in [3.05, 3.63) is 78.4 Å². The summed E-state index contributed by atoms with van der Waals surface area (Å²) in [5, 5.41) is 0. The van der Waals surface area contributed by atoms with Crippen molar-refractivity contribution in [2.45, 2.75) is 25.9 Å². The van der Waals surface area contributed by atoms with Crippen LogP contribution in [0.4, 0.5) is 0 Å². The van der Waals surface area contributed by atoms with Gasteiger partial charge in [0.25, 0.3) is 0 Å². The molecular weight excluding hydrogens is 402 g/mol. The summed E-state index contributed by atoms with van der Waals surface area (Å²) in [5.74, 6) is 3.29. The first kappa shape index (κ1) is 22.0. The van der Waals surface area contributed by atoms with Gasteiger partial charge in [0.1, 0.15) is 30.5 Å². The lowest BCUT2D eigenvalue weighted by atomic mass is 10.1. The summed E-state index contributed by atoms with van der Waals surface area (Å²) < 4.78 is 23.2. The lowest BCUT2D eigenvalue weighted by molar-refractivity contribution is 0.183. The first-order valence-electron chi connectivity index (χ1n) is 11.2. The summed E-state index contributed by atoms with van der Waals surface area (Å²) in [4.78, 5) is 2.47. The van der Waals surface area contributed by atoms with Crippen molar-refractivity contribution in [1.29, 1.82) is 0 Å². The van der Waals surface area contributed by atoms with E-state index in [9.17, 15) is 0 Å². The molecule has 0 N–H and O–H groups in total. The molecule has 0 unspecified atom stereocenters. The number of nitrogens with zero attached hydrogens (tertiary/aromatic N) is 1. The molecule has 1 fully saturated rings. The predicted molar refractivity (Wildman–Crippen MR) is 125 cm³/mol. The average molecular weight is 433 g/mol. The van der Waals surface area contributed by atoms with Gasteiger partial charge < -0.3 is 18.9 Å². The van der Waals surface area contributed by atoms with Crippen molar-refractivity contribution in [2.75, 3.05) is 33.4 Å². The Hall–Kier alpha value is -3.18. The molecule has 1 heterocycles. The number of piperidine rings is 1. The van der Waals surface area contributed by atoms with E-state index in [4.69, 9.17) is 18.9 Å². The first-order chi connectivity index (χ1) is 15.8. The van der Waals surface area contributed by atoms with Crippen molar-refractivity contribution in [2.24, 2.45) is 0 Å². The van der Waals surface area contributed by atoms with Crippen LogP contribution in [0.2, 0.25) is 0 Å². The second-order valence-corrected chi connectivity index (χ2v) is 7.83. The normalized spacial score (nSPS) is 14.0. The van der Waals surface area contributed by atoms with Crippen molar-refractivity contribution < 1.29 is 18.9 Å². The Kier molecular flexibility index (Phi) is 7.88. The topological polar surface area (TPSA) is 40.2 Å². The second-order valence-electron chi connectivity index (χ2n) is 7.83. The largest absolute Gasteiger partial charge is 0.493 e. The molecule has 1 aliphatic rings. The molecule has 3 aromatic carbocycles. The highest BCUT2D eigenvalue weighted by molar-refractivity contribution is 5.47. The van der Waals surface area contributed by atoms with Gasteiger partial charge in [0, 0.05) is 18.7 Å². The van der Waals surface area contributed by atoms with Crippen LogP contribution in [-0.4, -0.2) is 38.3 Å². The molecule has 1 aliphatic heterocycles. The van der Waals surface area contributed by atoms with E-state index in [1.54, 1.807) is 13.2 Å². The maximum Gasteiger partial charge on any atom is 0.177 e. The fraction of sp³-hybridized carbons (Fsp3) is 0.333. The molecule has 3 aromatic rings. The Morgan fingerprint density at radius 1 is 0.844 bits per heavy atom. The highest BCUT2D eigenvalue weighted by Crippen LogP contribution is 2.35. The van der Waals surface area contributed by atoms with E-state index in [1.807, 2.05) is 60.7 Å². The maximum atomic E-state index is 5.97. The molecule has 0 spiro atoms. The fourth-order valence-corrected chi connectivity index (χ4v) is 3.70. The van der Waals surface area contributed by atoms with Gasteiger partial charge >= 0.3 is 0 Å². The SMILES string of the molecule is COc1cc(OCc2ccccc2)c[c]c1Oc1ccc(OCCN2CCCCC2)cc1. The van der Waals surface area contributed by atoms with Gasteiger partial charge in [-0.3, -0.25) is 4.90 Å². The minimum atomic E-state index is 0.483. The van der Waals surface area contributed by atoms with Crippen LogP contribution in [0, 0.1) is 6.07 Å². The van der Waals surface area contributed by atoms with Crippen LogP contribution in [0.25, 0.3) is 0 Å². The summed E-state index contributed by atoms with van der Waals surface area (Å²) >= 11 is 0. The van der Waals surface area contributed by atoms with Crippen molar-refractivity contribution in [3.63, 3.8) is 0 Å². The van der Waals surface area contributed by atoms with Gasteiger partial charge in [-0.25, -0.2) is 0 Å². The fourth-order valence-electron chi connectivity index (χ4n) is 3.70. The Morgan fingerprint density at radius 2 is 1.59 bits per heavy atom. The number of ether oxygens (including phenoxy) is 4. The van der Waals surface area contributed by atoms with Crippen LogP contribution in [0.1, 0.15) is 24.8 Å². The number of hydrogen-bond donors (Lipinski definition) is 0. The number of likely N-dealkylation sites (tertiary alicyclic amines) is 1. The van der Waals surface area contributed by atoms with E-state index in [0.29, 0.717) is 36.2 Å². The van der Waals surface area contributed by atoms with E-state index in [-0.39, 0.29) is 0 Å². The Labute approximate surface area is 190 Å². The van der Waals surface area contributed by atoms with Gasteiger partial charge in [-0.15, -0.1) is 0 Å². The van der Waals surface area contributed by atoms with Crippen LogP contribution >= 0.6 is 0 Å². The monoisotopic (exact) mass is 432 g/mol. The Bertz CT molecular complexity index is 953. The Morgan fingerprint density at radius 3 is 2.34 bits per heavy atom. The molecule has 0 aromatic heterocycles. The number of methoxy groups -OCH3 is 1. The molecular formula is C27H30NO4. The molecule has 5 heteroatoms. The zero-order valence-electron chi connectivity index (χ0n) is 18.6. The molecule has 1 radical (unpaired) electrons. The van der Waals surface area contributed by atoms with Gasteiger partial charge in [0.2, 0.25) is 0 Å². The van der Waals surface area contributed by atoms with Gasteiger partial charge in [0.05, 0.1) is 7.11 Å². The van der Waals surface area contributed by atoms with E-state index < -0.39 is 0 Å². The molecule has 0 amide bonds. The molecule has 1 saturated heterocycles. The highest BCUT2D eigenvalue weighted by atomic mass is 16.5. The average Bonchev–Trinajstić information content (AvgIpc) is 2.86. The summed E-state index contributed by atoms with van der Waals surface area (Å²) in [6, 6.07) is 24.4. The van der Waals surface area contributed by atoms with Crippen molar-refractivity contribution in [3.8, 4) is 28.7 Å². The quantitative estimate of drug-likeness (QED) is 0.409. The smallest absolute Gasteiger partial charge is 0.177 e. The third-order valence-corrected chi connectivity index (χ3v) is 5.48. The lowest BCUT2D eigenvalue weighted by Gasteiger charge is -2.26. The lowest BCUT2D eigenvalue weighted by Crippen LogP contribution is -2.33. The first-order valence-corrected chi connectivity index (χ1v) is 11.2. The van der Waals surface area contributed by atoms with Gasteiger partial charge in [-0.2, -0.15) is 0 Å². The van der Waals surface area contributed by atoms with E-state index in [1.165, 1.54) is 32.4 Å². The summed E-state index contributed by atoms with van der Waals surface area (Å²) in [5.41, 5.74) is 1.10. The molecule has 5 nitrogen and oxygen atoms in total. The molecule has 0 atom stereocenters. The van der Waals surface area contributed by atoms with Crippen molar-refractivity contribution >= 4 is 0 Å². The second kappa shape index (κ2) is 11.4. The van der Waals surface area contributed by atoms with Gasteiger partial charge in [-0.1, -0.05) is 36.8 Å². The van der Waals surface area contributed by atoms with Crippen LogP contribution in [0.15, 0.2) is 66.7 Å². The zero-order chi connectivity index (χ0) is 22.0. The van der Waals surface area contributed by atoms with E-state index in [0.717, 1.165) is 17.9 Å². The number of rotatable bonds is 10. The summed E-state index contributed by atoms with van der Waals surface area (Å²) in [6.45, 7) is 4.53. The molecule has 0 bridgehead atoms. The third kappa shape index (κ3) is 6.41. The molecule has 4 rings (SSSR count). The number of benzene rings is 3. The minimum absolute atomic E-state index is 0.483. The van der Waals surface area contributed by atoms with E-state index in [2.05, 4.69) is 11.0 Å². The zero-order valence-corrected chi connectivity index (χ0v) is 18.6. The summed E-state index contributed by atoms with van der Waals surface area (Å²) in [7, 11) is 1.61. The van der Waals surface area contributed by atoms with Gasteiger partial charge in [0.15, 0.2) is 11.5 Å². The molecule has 167 valence electrons. The van der Waals surface area contributed by atoms with Crippen LogP contribution in [0.5, 0.6) is 28.7 Å². The van der Waals surface area contributed by atoms with Crippen LogP contribution in [-0.2, 0) is 6.61 Å². The third-order valence-electron chi connectivity index (χ3n) is 5.48. The Balaban J connectivity index is 1.29. The van der Waals surface area contributed by atoms with Gasteiger partial charge in [-0.05, 0) is 61.8 Å². The highest BCUT2D eigenvalue weighted by Gasteiger charge is 2.11. The van der Waals surface area contributed by atoms with Crippen LogP contribution in [0.3, 0.4) is 0 Å². The number of hydrogen-bond acceptors (Lipinski definition) is 5. The van der Waals surface area contributed by atoms with Crippen molar-refractivity contribution in [1.82, 2.24) is 4.90 Å². The van der Waals surface area contributed by atoms with E-state index >= 15 is 0 Å². The van der Waals surface area contributed by atoms with Crippen LogP contribution < -0.4 is 18.9 Å².